The summed E-state index contributed by atoms with van der Waals surface area (Å²) in [7, 11) is 1.61. The van der Waals surface area contributed by atoms with E-state index in [-0.39, 0.29) is 17.2 Å². The number of nitrogens with one attached hydrogen (secondary N) is 1. The summed E-state index contributed by atoms with van der Waals surface area (Å²) in [6.45, 7) is 1.29. The SMILES string of the molecule is COCCCn1c(SCC(=O)NCc2ccco2)nc2cc(Cl)ccc2c1=O. The lowest BCUT2D eigenvalue weighted by Gasteiger charge is -2.13. The Morgan fingerprint density at radius 2 is 2.25 bits per heavy atom. The van der Waals surface area contributed by atoms with E-state index in [0.29, 0.717) is 53.0 Å². The van der Waals surface area contributed by atoms with Gasteiger partial charge in [0.2, 0.25) is 5.91 Å². The predicted octanol–water partition coefficient (Wildman–Crippen LogP) is 3.09. The molecular formula is C19H20ClN3O4S. The first kappa shape index (κ1) is 20.4. The highest BCUT2D eigenvalue weighted by Crippen LogP contribution is 2.20. The Balaban J connectivity index is 1.77. The average Bonchev–Trinajstić information content (AvgIpc) is 3.20. The Bertz CT molecular complexity index is 1000. The Morgan fingerprint density at radius 3 is 3.00 bits per heavy atom. The normalized spacial score (nSPS) is 11.1. The summed E-state index contributed by atoms with van der Waals surface area (Å²) < 4.78 is 11.9. The molecule has 0 spiro atoms. The van der Waals surface area contributed by atoms with E-state index in [1.165, 1.54) is 11.8 Å². The van der Waals surface area contributed by atoms with E-state index in [0.717, 1.165) is 0 Å². The number of ether oxygens (including phenoxy) is 1. The molecule has 28 heavy (non-hydrogen) atoms. The molecule has 0 bridgehead atoms. The van der Waals surface area contributed by atoms with Crippen LogP contribution in [-0.4, -0.2) is 34.9 Å². The van der Waals surface area contributed by atoms with Crippen LogP contribution < -0.4 is 10.9 Å². The third-order valence-electron chi connectivity index (χ3n) is 3.98. The molecule has 0 fully saturated rings. The summed E-state index contributed by atoms with van der Waals surface area (Å²) in [6.07, 6.45) is 2.22. The quantitative estimate of drug-likeness (QED) is 0.324. The van der Waals surface area contributed by atoms with Crippen LogP contribution in [0.3, 0.4) is 0 Å². The number of carbonyl (C=O) groups is 1. The molecule has 2 heterocycles. The van der Waals surface area contributed by atoms with Gasteiger partial charge in [-0.25, -0.2) is 4.98 Å². The largest absolute Gasteiger partial charge is 0.467 e. The first-order valence-corrected chi connectivity index (χ1v) is 10.1. The molecule has 0 saturated heterocycles. The third kappa shape index (κ3) is 5.15. The summed E-state index contributed by atoms with van der Waals surface area (Å²) in [4.78, 5) is 29.6. The minimum atomic E-state index is -0.176. The van der Waals surface area contributed by atoms with Gasteiger partial charge in [-0.1, -0.05) is 23.4 Å². The van der Waals surface area contributed by atoms with Crippen LogP contribution in [0.1, 0.15) is 12.2 Å². The number of aromatic nitrogens is 2. The summed E-state index contributed by atoms with van der Waals surface area (Å²) in [5.41, 5.74) is 0.357. The maximum absolute atomic E-state index is 12.9. The third-order valence-corrected chi connectivity index (χ3v) is 5.20. The lowest BCUT2D eigenvalue weighted by atomic mass is 10.2. The number of carbonyl (C=O) groups excluding carboxylic acids is 1. The zero-order valence-electron chi connectivity index (χ0n) is 15.3. The van der Waals surface area contributed by atoms with E-state index in [2.05, 4.69) is 10.3 Å². The van der Waals surface area contributed by atoms with Crippen molar-refractivity contribution in [3.8, 4) is 0 Å². The molecule has 1 aromatic carbocycles. The summed E-state index contributed by atoms with van der Waals surface area (Å²) in [5, 5.41) is 4.25. The Labute approximate surface area is 171 Å². The van der Waals surface area contributed by atoms with E-state index >= 15 is 0 Å². The van der Waals surface area contributed by atoms with Gasteiger partial charge in [0, 0.05) is 25.3 Å². The molecule has 0 saturated carbocycles. The second kappa shape index (κ2) is 9.77. The van der Waals surface area contributed by atoms with Crippen LogP contribution in [0.5, 0.6) is 0 Å². The number of rotatable bonds is 9. The Morgan fingerprint density at radius 1 is 1.39 bits per heavy atom. The van der Waals surface area contributed by atoms with Gasteiger partial charge in [-0.2, -0.15) is 0 Å². The number of hydrogen-bond acceptors (Lipinski definition) is 6. The number of furan rings is 1. The molecule has 0 radical (unpaired) electrons. The van der Waals surface area contributed by atoms with Crippen molar-refractivity contribution in [2.75, 3.05) is 19.5 Å². The minimum Gasteiger partial charge on any atom is -0.467 e. The Kier molecular flexibility index (Phi) is 7.13. The molecule has 2 aromatic heterocycles. The van der Waals surface area contributed by atoms with Crippen LogP contribution >= 0.6 is 23.4 Å². The van der Waals surface area contributed by atoms with Gasteiger partial charge in [0.25, 0.3) is 5.56 Å². The fraction of sp³-hybridized carbons (Fsp3) is 0.316. The van der Waals surface area contributed by atoms with Crippen molar-refractivity contribution in [2.24, 2.45) is 0 Å². The van der Waals surface area contributed by atoms with E-state index in [1.54, 1.807) is 48.3 Å². The van der Waals surface area contributed by atoms with Crippen molar-refractivity contribution in [3.05, 3.63) is 57.7 Å². The zero-order chi connectivity index (χ0) is 19.9. The topological polar surface area (TPSA) is 86.4 Å². The van der Waals surface area contributed by atoms with Crippen molar-refractivity contribution in [1.82, 2.24) is 14.9 Å². The van der Waals surface area contributed by atoms with Crippen LogP contribution in [0.15, 0.2) is 51.0 Å². The Hall–Kier alpha value is -2.29. The summed E-state index contributed by atoms with van der Waals surface area (Å²) in [5.74, 6) is 0.627. The number of nitrogens with zero attached hydrogens (tertiary/aromatic N) is 2. The first-order chi connectivity index (χ1) is 13.6. The molecule has 3 rings (SSSR count). The smallest absolute Gasteiger partial charge is 0.262 e. The van der Waals surface area contributed by atoms with Gasteiger partial charge in [0.05, 0.1) is 29.5 Å². The molecular weight excluding hydrogens is 402 g/mol. The van der Waals surface area contributed by atoms with Crippen LogP contribution in [0.25, 0.3) is 10.9 Å². The van der Waals surface area contributed by atoms with Crippen LogP contribution in [0.2, 0.25) is 5.02 Å². The standard InChI is InChI=1S/C19H20ClN3O4S/c1-26-8-3-7-23-18(25)15-6-5-13(20)10-16(15)22-19(23)28-12-17(24)21-11-14-4-2-9-27-14/h2,4-6,9-10H,3,7-8,11-12H2,1H3,(H,21,24). The summed E-state index contributed by atoms with van der Waals surface area (Å²) >= 11 is 7.25. The molecule has 7 nitrogen and oxygen atoms in total. The van der Waals surface area contributed by atoms with Gasteiger partial charge in [0.1, 0.15) is 5.76 Å². The highest BCUT2D eigenvalue weighted by atomic mass is 35.5. The van der Waals surface area contributed by atoms with Gasteiger partial charge < -0.3 is 14.5 Å². The van der Waals surface area contributed by atoms with E-state index in [4.69, 9.17) is 20.8 Å². The summed E-state index contributed by atoms with van der Waals surface area (Å²) in [6, 6.07) is 8.54. The number of fused-ring (bicyclic) bond motifs is 1. The maximum atomic E-state index is 12.9. The van der Waals surface area contributed by atoms with Crippen LogP contribution in [0, 0.1) is 0 Å². The van der Waals surface area contributed by atoms with Crippen molar-refractivity contribution < 1.29 is 13.9 Å². The molecule has 3 aromatic rings. The number of hydrogen-bond donors (Lipinski definition) is 1. The van der Waals surface area contributed by atoms with E-state index < -0.39 is 0 Å². The average molecular weight is 422 g/mol. The molecule has 1 amide bonds. The van der Waals surface area contributed by atoms with Crippen molar-refractivity contribution in [2.45, 2.75) is 24.7 Å². The van der Waals surface area contributed by atoms with Crippen LogP contribution in [-0.2, 0) is 22.6 Å². The number of amides is 1. The molecule has 0 aliphatic rings. The molecule has 0 aliphatic heterocycles. The van der Waals surface area contributed by atoms with Crippen molar-refractivity contribution >= 4 is 40.2 Å². The molecule has 148 valence electrons. The number of halogens is 1. The van der Waals surface area contributed by atoms with Crippen molar-refractivity contribution in [3.63, 3.8) is 0 Å². The molecule has 0 atom stereocenters. The minimum absolute atomic E-state index is 0.128. The highest BCUT2D eigenvalue weighted by molar-refractivity contribution is 7.99. The fourth-order valence-electron chi connectivity index (χ4n) is 2.63. The second-order valence-corrected chi connectivity index (χ2v) is 7.38. The lowest BCUT2D eigenvalue weighted by Crippen LogP contribution is -2.27. The number of benzene rings is 1. The first-order valence-electron chi connectivity index (χ1n) is 8.69. The fourth-order valence-corrected chi connectivity index (χ4v) is 3.65. The van der Waals surface area contributed by atoms with E-state index in [1.807, 2.05) is 0 Å². The van der Waals surface area contributed by atoms with Crippen LogP contribution in [0.4, 0.5) is 0 Å². The van der Waals surface area contributed by atoms with Gasteiger partial charge in [-0.05, 0) is 36.8 Å². The monoisotopic (exact) mass is 421 g/mol. The molecule has 9 heteroatoms. The number of thioether (sulfide) groups is 1. The van der Waals surface area contributed by atoms with Gasteiger partial charge in [0.15, 0.2) is 5.16 Å². The zero-order valence-corrected chi connectivity index (χ0v) is 16.9. The van der Waals surface area contributed by atoms with Gasteiger partial charge in [-0.15, -0.1) is 0 Å². The van der Waals surface area contributed by atoms with Gasteiger partial charge >= 0.3 is 0 Å². The second-order valence-electron chi connectivity index (χ2n) is 6.00. The van der Waals surface area contributed by atoms with Gasteiger partial charge in [-0.3, -0.25) is 14.2 Å². The van der Waals surface area contributed by atoms with Crippen molar-refractivity contribution in [1.29, 1.82) is 0 Å². The lowest BCUT2D eigenvalue weighted by molar-refractivity contribution is -0.118. The van der Waals surface area contributed by atoms with E-state index in [9.17, 15) is 9.59 Å². The maximum Gasteiger partial charge on any atom is 0.262 e. The molecule has 0 unspecified atom stereocenters. The highest BCUT2D eigenvalue weighted by Gasteiger charge is 2.14. The molecule has 1 N–H and O–H groups in total. The molecule has 0 aliphatic carbocycles. The predicted molar refractivity (Wildman–Crippen MR) is 109 cm³/mol. The number of methoxy groups -OCH3 is 1.